The second kappa shape index (κ2) is 4.00. The summed E-state index contributed by atoms with van der Waals surface area (Å²) in [5.41, 5.74) is 2.01. The van der Waals surface area contributed by atoms with Crippen molar-refractivity contribution < 1.29 is 4.74 Å². The number of aromatic nitrogens is 3. The van der Waals surface area contributed by atoms with Crippen molar-refractivity contribution >= 4 is 5.52 Å². The summed E-state index contributed by atoms with van der Waals surface area (Å²) >= 11 is 0. The fraction of sp³-hybridized carbons (Fsp3) is 0.500. The maximum absolute atomic E-state index is 5.82. The van der Waals surface area contributed by atoms with Crippen molar-refractivity contribution in [1.29, 1.82) is 0 Å². The van der Waals surface area contributed by atoms with E-state index in [1.807, 2.05) is 10.7 Å². The average molecular weight is 232 g/mol. The van der Waals surface area contributed by atoms with Crippen molar-refractivity contribution in [2.45, 2.75) is 25.9 Å². The van der Waals surface area contributed by atoms with Crippen LogP contribution in [-0.4, -0.2) is 33.8 Å². The minimum atomic E-state index is 0.242. The van der Waals surface area contributed by atoms with Crippen molar-refractivity contribution in [2.24, 2.45) is 0 Å². The van der Waals surface area contributed by atoms with Crippen LogP contribution in [0.5, 0.6) is 5.88 Å². The molecule has 1 aliphatic rings. The van der Waals surface area contributed by atoms with Crippen molar-refractivity contribution in [2.75, 3.05) is 13.1 Å². The summed E-state index contributed by atoms with van der Waals surface area (Å²) in [5, 5.41) is 7.68. The van der Waals surface area contributed by atoms with Crippen LogP contribution in [0.15, 0.2) is 18.5 Å². The molecule has 3 heterocycles. The van der Waals surface area contributed by atoms with Gasteiger partial charge in [0.2, 0.25) is 5.88 Å². The Morgan fingerprint density at radius 1 is 1.47 bits per heavy atom. The lowest BCUT2D eigenvalue weighted by molar-refractivity contribution is 0.137. The first-order valence-electron chi connectivity index (χ1n) is 5.95. The van der Waals surface area contributed by atoms with E-state index >= 15 is 0 Å². The summed E-state index contributed by atoms with van der Waals surface area (Å²) in [4.78, 5) is 4.29. The van der Waals surface area contributed by atoms with Crippen LogP contribution in [0.2, 0.25) is 0 Å². The number of ether oxygens (including phenoxy) is 1. The molecule has 1 fully saturated rings. The molecule has 3 rings (SSSR count). The van der Waals surface area contributed by atoms with Gasteiger partial charge in [-0.25, -0.2) is 9.50 Å². The van der Waals surface area contributed by atoms with Crippen LogP contribution < -0.4 is 10.1 Å². The van der Waals surface area contributed by atoms with Crippen LogP contribution >= 0.6 is 0 Å². The summed E-state index contributed by atoms with van der Waals surface area (Å²) < 4.78 is 7.66. The summed E-state index contributed by atoms with van der Waals surface area (Å²) in [7, 11) is 0. The van der Waals surface area contributed by atoms with E-state index in [2.05, 4.69) is 35.3 Å². The first-order chi connectivity index (χ1) is 8.24. The lowest BCUT2D eigenvalue weighted by Crippen LogP contribution is -2.50. The Morgan fingerprint density at radius 3 is 2.94 bits per heavy atom. The van der Waals surface area contributed by atoms with Crippen LogP contribution in [0, 0.1) is 0 Å². The second-order valence-corrected chi connectivity index (χ2v) is 4.68. The highest BCUT2D eigenvalue weighted by atomic mass is 16.5. The van der Waals surface area contributed by atoms with Gasteiger partial charge in [0, 0.05) is 25.5 Å². The molecule has 1 N–H and O–H groups in total. The van der Waals surface area contributed by atoms with E-state index in [1.54, 1.807) is 6.20 Å². The number of nitrogens with zero attached hydrogens (tertiary/aromatic N) is 3. The van der Waals surface area contributed by atoms with Gasteiger partial charge in [-0.1, -0.05) is 13.8 Å². The summed E-state index contributed by atoms with van der Waals surface area (Å²) in [6.07, 6.45) is 3.82. The zero-order valence-corrected chi connectivity index (χ0v) is 10.1. The van der Waals surface area contributed by atoms with Crippen molar-refractivity contribution in [3.05, 3.63) is 24.2 Å². The number of rotatable bonds is 3. The monoisotopic (exact) mass is 232 g/mol. The SMILES string of the molecule is CC(C)c1cc2c(OC3CNC3)nccn2n1. The molecule has 17 heavy (non-hydrogen) atoms. The Morgan fingerprint density at radius 2 is 2.29 bits per heavy atom. The molecule has 5 nitrogen and oxygen atoms in total. The molecular formula is C12H16N4O. The lowest BCUT2D eigenvalue weighted by atomic mass is 10.1. The second-order valence-electron chi connectivity index (χ2n) is 4.68. The van der Waals surface area contributed by atoms with Crippen molar-refractivity contribution in [1.82, 2.24) is 19.9 Å². The Kier molecular flexibility index (Phi) is 2.48. The van der Waals surface area contributed by atoms with Gasteiger partial charge in [-0.05, 0) is 12.0 Å². The molecule has 0 aliphatic carbocycles. The van der Waals surface area contributed by atoms with E-state index in [-0.39, 0.29) is 6.10 Å². The summed E-state index contributed by atoms with van der Waals surface area (Å²) in [6.45, 7) is 6.05. The molecule has 0 aromatic carbocycles. The first kappa shape index (κ1) is 10.5. The number of fused-ring (bicyclic) bond motifs is 1. The molecule has 90 valence electrons. The van der Waals surface area contributed by atoms with Gasteiger partial charge in [-0.15, -0.1) is 0 Å². The molecule has 1 saturated heterocycles. The first-order valence-corrected chi connectivity index (χ1v) is 5.95. The molecule has 2 aromatic rings. The molecule has 0 spiro atoms. The average Bonchev–Trinajstić information content (AvgIpc) is 2.67. The number of hydrogen-bond donors (Lipinski definition) is 1. The maximum atomic E-state index is 5.82. The van der Waals surface area contributed by atoms with Gasteiger partial charge in [-0.2, -0.15) is 5.10 Å². The molecule has 2 aromatic heterocycles. The van der Waals surface area contributed by atoms with E-state index in [0.717, 1.165) is 24.3 Å². The predicted octanol–water partition coefficient (Wildman–Crippen LogP) is 1.20. The van der Waals surface area contributed by atoms with Gasteiger partial charge in [0.15, 0.2) is 0 Å². The van der Waals surface area contributed by atoms with Gasteiger partial charge >= 0.3 is 0 Å². The predicted molar refractivity (Wildman–Crippen MR) is 64.4 cm³/mol. The third-order valence-corrected chi connectivity index (χ3v) is 2.99. The summed E-state index contributed by atoms with van der Waals surface area (Å²) in [6, 6.07) is 2.05. The summed E-state index contributed by atoms with van der Waals surface area (Å²) in [5.74, 6) is 1.09. The Labute approximate surface area is 99.8 Å². The molecule has 1 aliphatic heterocycles. The largest absolute Gasteiger partial charge is 0.470 e. The molecule has 0 bridgehead atoms. The zero-order valence-electron chi connectivity index (χ0n) is 10.1. The highest BCUT2D eigenvalue weighted by Crippen LogP contribution is 2.22. The normalized spacial score (nSPS) is 16.4. The van der Waals surface area contributed by atoms with Crippen LogP contribution in [0.4, 0.5) is 0 Å². The number of nitrogens with one attached hydrogen (secondary N) is 1. The fourth-order valence-corrected chi connectivity index (χ4v) is 1.79. The van der Waals surface area contributed by atoms with Gasteiger partial charge < -0.3 is 10.1 Å². The Balaban J connectivity index is 1.98. The van der Waals surface area contributed by atoms with Gasteiger partial charge in [0.1, 0.15) is 11.6 Å². The quantitative estimate of drug-likeness (QED) is 0.864. The molecule has 0 unspecified atom stereocenters. The van der Waals surface area contributed by atoms with Crippen LogP contribution in [0.3, 0.4) is 0 Å². The van der Waals surface area contributed by atoms with Crippen LogP contribution in [0.1, 0.15) is 25.5 Å². The minimum absolute atomic E-state index is 0.242. The smallest absolute Gasteiger partial charge is 0.240 e. The minimum Gasteiger partial charge on any atom is -0.470 e. The maximum Gasteiger partial charge on any atom is 0.240 e. The van der Waals surface area contributed by atoms with Crippen molar-refractivity contribution in [3.63, 3.8) is 0 Å². The third-order valence-electron chi connectivity index (χ3n) is 2.99. The number of hydrogen-bond acceptors (Lipinski definition) is 4. The van der Waals surface area contributed by atoms with Gasteiger partial charge in [0.05, 0.1) is 5.69 Å². The van der Waals surface area contributed by atoms with Crippen LogP contribution in [-0.2, 0) is 0 Å². The zero-order chi connectivity index (χ0) is 11.8. The molecule has 0 saturated carbocycles. The molecule has 5 heteroatoms. The van der Waals surface area contributed by atoms with Gasteiger partial charge in [0.25, 0.3) is 0 Å². The van der Waals surface area contributed by atoms with E-state index in [9.17, 15) is 0 Å². The standard InChI is InChI=1S/C12H16N4O/c1-8(2)10-5-11-12(17-9-6-13-7-9)14-3-4-16(11)15-10/h3-5,8-9,13H,6-7H2,1-2H3. The fourth-order valence-electron chi connectivity index (χ4n) is 1.79. The lowest BCUT2D eigenvalue weighted by Gasteiger charge is -2.27. The van der Waals surface area contributed by atoms with E-state index < -0.39 is 0 Å². The molecular weight excluding hydrogens is 216 g/mol. The van der Waals surface area contributed by atoms with Crippen LogP contribution in [0.25, 0.3) is 5.52 Å². The van der Waals surface area contributed by atoms with E-state index in [0.29, 0.717) is 11.8 Å². The molecule has 0 atom stereocenters. The third kappa shape index (κ3) is 1.86. The molecule has 0 amide bonds. The Bertz CT molecular complexity index is 530. The van der Waals surface area contributed by atoms with E-state index in [4.69, 9.17) is 4.74 Å². The highest BCUT2D eigenvalue weighted by Gasteiger charge is 2.20. The van der Waals surface area contributed by atoms with Crippen molar-refractivity contribution in [3.8, 4) is 5.88 Å². The van der Waals surface area contributed by atoms with E-state index in [1.165, 1.54) is 0 Å². The highest BCUT2D eigenvalue weighted by molar-refractivity contribution is 5.57. The topological polar surface area (TPSA) is 51.5 Å². The van der Waals surface area contributed by atoms with Gasteiger partial charge in [-0.3, -0.25) is 0 Å². The Hall–Kier alpha value is -1.62. The molecule has 0 radical (unpaired) electrons.